The standard InChI is InChI=1S/C16H27N3O/c1-3-20-16-7-6-15(17)12-14(16)13-18(2)10-11-19-8-4-5-9-19/h6-7,12H,3-5,8-11,13,17H2,1-2H3. The SMILES string of the molecule is CCOc1ccc(N)cc1CN(C)CCN1CCCC1. The molecule has 1 fully saturated rings. The van der Waals surface area contributed by atoms with E-state index >= 15 is 0 Å². The summed E-state index contributed by atoms with van der Waals surface area (Å²) in [4.78, 5) is 4.88. The summed E-state index contributed by atoms with van der Waals surface area (Å²) in [7, 11) is 2.16. The van der Waals surface area contributed by atoms with Gasteiger partial charge in [-0.3, -0.25) is 0 Å². The van der Waals surface area contributed by atoms with Crippen molar-refractivity contribution in [2.75, 3.05) is 45.6 Å². The van der Waals surface area contributed by atoms with E-state index in [-0.39, 0.29) is 0 Å². The third kappa shape index (κ3) is 4.39. The van der Waals surface area contributed by atoms with Crippen LogP contribution < -0.4 is 10.5 Å². The van der Waals surface area contributed by atoms with Gasteiger partial charge in [0.2, 0.25) is 0 Å². The Kier molecular flexibility index (Phi) is 5.68. The molecule has 0 bridgehead atoms. The predicted molar refractivity (Wildman–Crippen MR) is 84.0 cm³/mol. The van der Waals surface area contributed by atoms with Crippen LogP contribution in [0.5, 0.6) is 5.75 Å². The maximum atomic E-state index is 5.89. The van der Waals surface area contributed by atoms with E-state index in [1.54, 1.807) is 0 Å². The quantitative estimate of drug-likeness (QED) is 0.776. The second kappa shape index (κ2) is 7.50. The molecule has 4 nitrogen and oxygen atoms in total. The van der Waals surface area contributed by atoms with Gasteiger partial charge in [0.15, 0.2) is 0 Å². The van der Waals surface area contributed by atoms with Crippen LogP contribution >= 0.6 is 0 Å². The lowest BCUT2D eigenvalue weighted by Gasteiger charge is -2.22. The van der Waals surface area contributed by atoms with Gasteiger partial charge in [0.1, 0.15) is 5.75 Å². The maximum absolute atomic E-state index is 5.89. The van der Waals surface area contributed by atoms with Crippen LogP contribution in [0.3, 0.4) is 0 Å². The molecule has 2 N–H and O–H groups in total. The molecule has 112 valence electrons. The van der Waals surface area contributed by atoms with Crippen molar-refractivity contribution in [3.63, 3.8) is 0 Å². The molecule has 1 aliphatic rings. The van der Waals surface area contributed by atoms with Crippen LogP contribution in [-0.4, -0.2) is 49.6 Å². The van der Waals surface area contributed by atoms with E-state index in [4.69, 9.17) is 10.5 Å². The van der Waals surface area contributed by atoms with Gasteiger partial charge >= 0.3 is 0 Å². The average molecular weight is 277 g/mol. The minimum absolute atomic E-state index is 0.689. The number of benzene rings is 1. The molecule has 4 heteroatoms. The zero-order chi connectivity index (χ0) is 14.4. The second-order valence-electron chi connectivity index (χ2n) is 5.59. The number of nitrogen functional groups attached to an aromatic ring is 1. The highest BCUT2D eigenvalue weighted by Crippen LogP contribution is 2.22. The van der Waals surface area contributed by atoms with Gasteiger partial charge in [-0.15, -0.1) is 0 Å². The summed E-state index contributed by atoms with van der Waals surface area (Å²) in [5, 5.41) is 0. The van der Waals surface area contributed by atoms with Crippen LogP contribution in [0.1, 0.15) is 25.3 Å². The third-order valence-electron chi connectivity index (χ3n) is 3.82. The Labute approximate surface area is 122 Å². The molecular weight excluding hydrogens is 250 g/mol. The number of ether oxygens (including phenoxy) is 1. The van der Waals surface area contributed by atoms with E-state index in [1.807, 2.05) is 25.1 Å². The summed E-state index contributed by atoms with van der Waals surface area (Å²) < 4.78 is 5.68. The van der Waals surface area contributed by atoms with Gasteiger partial charge in [0.05, 0.1) is 6.61 Å². The summed E-state index contributed by atoms with van der Waals surface area (Å²) in [6.07, 6.45) is 2.71. The molecule has 0 spiro atoms. The molecule has 2 rings (SSSR count). The smallest absolute Gasteiger partial charge is 0.123 e. The third-order valence-corrected chi connectivity index (χ3v) is 3.82. The number of likely N-dealkylation sites (N-methyl/N-ethyl adjacent to an activating group) is 1. The Morgan fingerprint density at radius 3 is 2.75 bits per heavy atom. The van der Waals surface area contributed by atoms with Crippen molar-refractivity contribution >= 4 is 5.69 Å². The van der Waals surface area contributed by atoms with Crippen molar-refractivity contribution in [1.29, 1.82) is 0 Å². The molecule has 1 heterocycles. The van der Waals surface area contributed by atoms with Crippen LogP contribution in [-0.2, 0) is 6.54 Å². The van der Waals surface area contributed by atoms with Crippen LogP contribution in [0.4, 0.5) is 5.69 Å². The molecule has 0 unspecified atom stereocenters. The number of nitrogens with zero attached hydrogens (tertiary/aromatic N) is 2. The zero-order valence-electron chi connectivity index (χ0n) is 12.8. The van der Waals surface area contributed by atoms with Crippen LogP contribution in [0.15, 0.2) is 18.2 Å². The molecule has 0 atom stereocenters. The summed E-state index contributed by atoms with van der Waals surface area (Å²) in [6.45, 7) is 8.34. The first kappa shape index (κ1) is 15.1. The monoisotopic (exact) mass is 277 g/mol. The molecule has 1 saturated heterocycles. The summed E-state index contributed by atoms with van der Waals surface area (Å²) in [5.41, 5.74) is 7.87. The number of anilines is 1. The normalized spacial score (nSPS) is 15.9. The van der Waals surface area contributed by atoms with E-state index in [0.717, 1.165) is 31.1 Å². The number of likely N-dealkylation sites (tertiary alicyclic amines) is 1. The molecular formula is C16H27N3O. The van der Waals surface area contributed by atoms with Crippen LogP contribution in [0.2, 0.25) is 0 Å². The van der Waals surface area contributed by atoms with Crippen molar-refractivity contribution in [2.45, 2.75) is 26.3 Å². The minimum Gasteiger partial charge on any atom is -0.494 e. The predicted octanol–water partition coefficient (Wildman–Crippen LogP) is 2.20. The second-order valence-corrected chi connectivity index (χ2v) is 5.59. The molecule has 0 amide bonds. The maximum Gasteiger partial charge on any atom is 0.123 e. The molecule has 0 saturated carbocycles. The summed E-state index contributed by atoms with van der Waals surface area (Å²) in [5.74, 6) is 0.953. The van der Waals surface area contributed by atoms with E-state index in [0.29, 0.717) is 6.61 Å². The zero-order valence-corrected chi connectivity index (χ0v) is 12.8. The van der Waals surface area contributed by atoms with Gasteiger partial charge in [-0.1, -0.05) is 0 Å². The Hall–Kier alpha value is -1.26. The topological polar surface area (TPSA) is 41.7 Å². The number of rotatable bonds is 7. The first-order valence-corrected chi connectivity index (χ1v) is 7.61. The highest BCUT2D eigenvalue weighted by Gasteiger charge is 2.13. The van der Waals surface area contributed by atoms with E-state index in [2.05, 4.69) is 16.8 Å². The summed E-state index contributed by atoms with van der Waals surface area (Å²) in [6, 6.07) is 5.90. The van der Waals surface area contributed by atoms with Gasteiger partial charge in [0, 0.05) is 30.9 Å². The highest BCUT2D eigenvalue weighted by atomic mass is 16.5. The highest BCUT2D eigenvalue weighted by molar-refractivity contribution is 5.47. The summed E-state index contributed by atoms with van der Waals surface area (Å²) >= 11 is 0. The Morgan fingerprint density at radius 2 is 2.05 bits per heavy atom. The van der Waals surface area contributed by atoms with Gasteiger partial charge < -0.3 is 20.3 Å². The Morgan fingerprint density at radius 1 is 1.30 bits per heavy atom. The van der Waals surface area contributed by atoms with Crippen molar-refractivity contribution in [1.82, 2.24) is 9.80 Å². The molecule has 0 aromatic heterocycles. The number of nitrogens with two attached hydrogens (primary N) is 1. The largest absolute Gasteiger partial charge is 0.494 e. The molecule has 1 aromatic rings. The molecule has 0 aliphatic carbocycles. The first-order valence-electron chi connectivity index (χ1n) is 7.61. The fraction of sp³-hybridized carbons (Fsp3) is 0.625. The van der Waals surface area contributed by atoms with Crippen LogP contribution in [0, 0.1) is 0 Å². The Balaban J connectivity index is 1.88. The van der Waals surface area contributed by atoms with Crippen LogP contribution in [0.25, 0.3) is 0 Å². The Bertz CT molecular complexity index is 416. The lowest BCUT2D eigenvalue weighted by atomic mass is 10.1. The lowest BCUT2D eigenvalue weighted by molar-refractivity contribution is 0.248. The molecule has 20 heavy (non-hydrogen) atoms. The number of hydrogen-bond donors (Lipinski definition) is 1. The van der Waals surface area contributed by atoms with E-state index in [9.17, 15) is 0 Å². The minimum atomic E-state index is 0.689. The van der Waals surface area contributed by atoms with Gasteiger partial charge in [-0.05, 0) is 58.1 Å². The molecule has 1 aliphatic heterocycles. The van der Waals surface area contributed by atoms with Crippen molar-refractivity contribution < 1.29 is 4.74 Å². The van der Waals surface area contributed by atoms with Gasteiger partial charge in [-0.25, -0.2) is 0 Å². The van der Waals surface area contributed by atoms with E-state index < -0.39 is 0 Å². The van der Waals surface area contributed by atoms with Crippen molar-refractivity contribution in [3.05, 3.63) is 23.8 Å². The fourth-order valence-electron chi connectivity index (χ4n) is 2.71. The van der Waals surface area contributed by atoms with Gasteiger partial charge in [0.25, 0.3) is 0 Å². The average Bonchev–Trinajstić information content (AvgIpc) is 2.93. The van der Waals surface area contributed by atoms with Gasteiger partial charge in [-0.2, -0.15) is 0 Å². The first-order chi connectivity index (χ1) is 9.69. The van der Waals surface area contributed by atoms with Crippen molar-refractivity contribution in [3.8, 4) is 5.75 Å². The van der Waals surface area contributed by atoms with E-state index in [1.165, 1.54) is 31.5 Å². The lowest BCUT2D eigenvalue weighted by Crippen LogP contribution is -2.31. The fourth-order valence-corrected chi connectivity index (χ4v) is 2.71. The van der Waals surface area contributed by atoms with Crippen molar-refractivity contribution in [2.24, 2.45) is 0 Å². The molecule has 0 radical (unpaired) electrons. The molecule has 1 aromatic carbocycles. The number of hydrogen-bond acceptors (Lipinski definition) is 4.